The van der Waals surface area contributed by atoms with Gasteiger partial charge in [0, 0.05) is 15.9 Å². The highest BCUT2D eigenvalue weighted by Crippen LogP contribution is 2.36. The molecule has 1 atom stereocenters. The quantitative estimate of drug-likeness (QED) is 0.844. The fourth-order valence-electron chi connectivity index (χ4n) is 1.38. The van der Waals surface area contributed by atoms with Gasteiger partial charge in [-0.15, -0.1) is 11.3 Å². The molecule has 1 unspecified atom stereocenters. The lowest BCUT2D eigenvalue weighted by Crippen LogP contribution is -2.25. The number of nitrogens with zero attached hydrogens (tertiary/aromatic N) is 1. The van der Waals surface area contributed by atoms with Crippen molar-refractivity contribution in [1.29, 1.82) is 0 Å². The van der Waals surface area contributed by atoms with Crippen molar-refractivity contribution in [2.75, 3.05) is 6.54 Å². The Bertz CT molecular complexity index is 438. The maximum Gasteiger partial charge on any atom is 0.254 e. The van der Waals surface area contributed by atoms with Crippen molar-refractivity contribution in [1.82, 2.24) is 10.6 Å². The first-order valence-corrected chi connectivity index (χ1v) is 7.08. The van der Waals surface area contributed by atoms with Crippen LogP contribution in [0.2, 0.25) is 0 Å². The summed E-state index contributed by atoms with van der Waals surface area (Å²) in [5.41, 5.74) is 0. The highest BCUT2D eigenvalue weighted by atomic mass is 79.9. The van der Waals surface area contributed by atoms with Crippen molar-refractivity contribution in [2.24, 2.45) is 4.99 Å². The summed E-state index contributed by atoms with van der Waals surface area (Å²) in [6.07, 6.45) is 0. The zero-order valence-corrected chi connectivity index (χ0v) is 12.4. The fraction of sp³-hybridized carbons (Fsp3) is 0.333. The van der Waals surface area contributed by atoms with Crippen LogP contribution in [0.1, 0.15) is 17.8 Å². The lowest BCUT2D eigenvalue weighted by Gasteiger charge is -2.03. The summed E-state index contributed by atoms with van der Waals surface area (Å²) in [5, 5.41) is 5.76. The summed E-state index contributed by atoms with van der Waals surface area (Å²) in [6.45, 7) is 2.57. The molecule has 7 heteroatoms. The SMILES string of the molecule is CCN=C1NC(=O)C(c2cc(Br)c(Br)s2)N1. The average molecular weight is 367 g/mol. The molecule has 1 aromatic rings. The normalized spacial score (nSPS) is 22.3. The van der Waals surface area contributed by atoms with Crippen LogP contribution >= 0.6 is 43.2 Å². The van der Waals surface area contributed by atoms with Crippen LogP contribution in [-0.4, -0.2) is 18.4 Å². The third-order valence-corrected chi connectivity index (χ3v) is 5.37. The van der Waals surface area contributed by atoms with Crippen LogP contribution in [0.5, 0.6) is 0 Å². The highest BCUT2D eigenvalue weighted by Gasteiger charge is 2.31. The maximum atomic E-state index is 11.7. The Labute approximate surface area is 114 Å². The molecule has 1 aromatic heterocycles. The van der Waals surface area contributed by atoms with E-state index in [1.807, 2.05) is 13.0 Å². The molecule has 86 valence electrons. The number of hydrogen-bond acceptors (Lipinski definition) is 3. The van der Waals surface area contributed by atoms with E-state index in [0.29, 0.717) is 12.5 Å². The second kappa shape index (κ2) is 4.85. The van der Waals surface area contributed by atoms with Gasteiger partial charge in [0.15, 0.2) is 5.96 Å². The van der Waals surface area contributed by atoms with Crippen molar-refractivity contribution >= 4 is 55.1 Å². The monoisotopic (exact) mass is 365 g/mol. The molecule has 2 rings (SSSR count). The molecule has 4 nitrogen and oxygen atoms in total. The van der Waals surface area contributed by atoms with Crippen LogP contribution in [0, 0.1) is 0 Å². The van der Waals surface area contributed by atoms with Gasteiger partial charge < -0.3 is 5.32 Å². The molecule has 0 saturated carbocycles. The molecule has 2 N–H and O–H groups in total. The highest BCUT2D eigenvalue weighted by molar-refractivity contribution is 9.13. The van der Waals surface area contributed by atoms with Gasteiger partial charge in [-0.3, -0.25) is 15.1 Å². The first-order chi connectivity index (χ1) is 7.61. The van der Waals surface area contributed by atoms with Crippen LogP contribution in [0.15, 0.2) is 19.3 Å². The molecule has 1 aliphatic rings. The molecule has 2 heterocycles. The summed E-state index contributed by atoms with van der Waals surface area (Å²) >= 11 is 8.34. The second-order valence-electron chi connectivity index (χ2n) is 3.16. The third kappa shape index (κ3) is 2.31. The van der Waals surface area contributed by atoms with E-state index in [1.165, 1.54) is 11.3 Å². The predicted octanol–water partition coefficient (Wildman–Crippen LogP) is 2.41. The number of hydrogen-bond donors (Lipinski definition) is 2. The first-order valence-electron chi connectivity index (χ1n) is 4.68. The number of amides is 1. The van der Waals surface area contributed by atoms with E-state index >= 15 is 0 Å². The van der Waals surface area contributed by atoms with E-state index in [0.717, 1.165) is 13.1 Å². The smallest absolute Gasteiger partial charge is 0.254 e. The number of guanidine groups is 1. The molecule has 16 heavy (non-hydrogen) atoms. The Balaban J connectivity index is 2.23. The van der Waals surface area contributed by atoms with E-state index in [-0.39, 0.29) is 11.9 Å². The predicted molar refractivity (Wildman–Crippen MR) is 71.7 cm³/mol. The van der Waals surface area contributed by atoms with Crippen molar-refractivity contribution in [3.05, 3.63) is 19.2 Å². The van der Waals surface area contributed by atoms with Gasteiger partial charge in [-0.25, -0.2) is 0 Å². The summed E-state index contributed by atoms with van der Waals surface area (Å²) in [4.78, 5) is 16.8. The maximum absolute atomic E-state index is 11.7. The largest absolute Gasteiger partial charge is 0.340 e. The van der Waals surface area contributed by atoms with E-state index in [1.54, 1.807) is 0 Å². The zero-order chi connectivity index (χ0) is 11.7. The van der Waals surface area contributed by atoms with Gasteiger partial charge in [-0.05, 0) is 44.8 Å². The van der Waals surface area contributed by atoms with Gasteiger partial charge in [-0.1, -0.05) is 0 Å². The Morgan fingerprint density at radius 3 is 2.88 bits per heavy atom. The molecule has 1 saturated heterocycles. The molecule has 1 aliphatic heterocycles. The minimum Gasteiger partial charge on any atom is -0.340 e. The van der Waals surface area contributed by atoms with Crippen LogP contribution in [0.4, 0.5) is 0 Å². The molecular formula is C9H9Br2N3OS. The van der Waals surface area contributed by atoms with Gasteiger partial charge in [0.1, 0.15) is 6.04 Å². The Morgan fingerprint density at radius 2 is 2.31 bits per heavy atom. The second-order valence-corrected chi connectivity index (χ2v) is 6.42. The van der Waals surface area contributed by atoms with Crippen LogP contribution in [0.3, 0.4) is 0 Å². The molecule has 0 radical (unpaired) electrons. The van der Waals surface area contributed by atoms with E-state index in [4.69, 9.17) is 0 Å². The van der Waals surface area contributed by atoms with Crippen molar-refractivity contribution in [3.8, 4) is 0 Å². The van der Waals surface area contributed by atoms with E-state index < -0.39 is 0 Å². The summed E-state index contributed by atoms with van der Waals surface area (Å²) in [6, 6.07) is 1.60. The molecule has 1 amide bonds. The molecule has 0 spiro atoms. The molecule has 0 aromatic carbocycles. The molecular weight excluding hydrogens is 358 g/mol. The minimum atomic E-state index is -0.335. The standard InChI is InChI=1S/C9H9Br2N3OS/c1-2-12-9-13-6(8(15)14-9)5-3-4(10)7(11)16-5/h3,6H,2H2,1H3,(H2,12,13,14,15). The topological polar surface area (TPSA) is 53.5 Å². The fourth-order valence-corrected chi connectivity index (χ4v) is 3.52. The average Bonchev–Trinajstić information content (AvgIpc) is 2.73. The number of nitrogens with one attached hydrogen (secondary N) is 2. The number of halogens is 2. The number of thiophene rings is 1. The number of aliphatic imine (C=N–C) groups is 1. The van der Waals surface area contributed by atoms with E-state index in [2.05, 4.69) is 47.5 Å². The van der Waals surface area contributed by atoms with E-state index in [9.17, 15) is 4.79 Å². The Morgan fingerprint density at radius 1 is 1.56 bits per heavy atom. The number of carbonyl (C=O) groups excluding carboxylic acids is 1. The van der Waals surface area contributed by atoms with Crippen LogP contribution in [0.25, 0.3) is 0 Å². The number of carbonyl (C=O) groups is 1. The van der Waals surface area contributed by atoms with Crippen LogP contribution < -0.4 is 10.6 Å². The molecule has 1 fully saturated rings. The van der Waals surface area contributed by atoms with Crippen molar-refractivity contribution in [3.63, 3.8) is 0 Å². The van der Waals surface area contributed by atoms with Gasteiger partial charge in [0.05, 0.1) is 3.79 Å². The first kappa shape index (κ1) is 12.1. The minimum absolute atomic E-state index is 0.0616. The summed E-state index contributed by atoms with van der Waals surface area (Å²) in [7, 11) is 0. The summed E-state index contributed by atoms with van der Waals surface area (Å²) in [5.74, 6) is 0.492. The van der Waals surface area contributed by atoms with Gasteiger partial charge in [0.2, 0.25) is 0 Å². The lowest BCUT2D eigenvalue weighted by atomic mass is 10.2. The van der Waals surface area contributed by atoms with Gasteiger partial charge in [0.25, 0.3) is 5.91 Å². The third-order valence-electron chi connectivity index (χ3n) is 2.05. The molecule has 0 bridgehead atoms. The lowest BCUT2D eigenvalue weighted by molar-refractivity contribution is -0.120. The van der Waals surface area contributed by atoms with Gasteiger partial charge >= 0.3 is 0 Å². The zero-order valence-electron chi connectivity index (χ0n) is 8.38. The Hall–Kier alpha value is -0.400. The van der Waals surface area contributed by atoms with Crippen molar-refractivity contribution < 1.29 is 4.79 Å². The Kier molecular flexibility index (Phi) is 3.66. The van der Waals surface area contributed by atoms with Crippen molar-refractivity contribution in [2.45, 2.75) is 13.0 Å². The van der Waals surface area contributed by atoms with Gasteiger partial charge in [-0.2, -0.15) is 0 Å². The summed E-state index contributed by atoms with van der Waals surface area (Å²) < 4.78 is 1.95. The molecule has 0 aliphatic carbocycles. The number of rotatable bonds is 2. The van der Waals surface area contributed by atoms with Crippen LogP contribution in [-0.2, 0) is 4.79 Å².